The number of nitrogens with two attached hydrogens (primary N) is 2. The monoisotopic (exact) mass is 307 g/mol. The third-order valence-corrected chi connectivity index (χ3v) is 3.48. The molecule has 23 heavy (non-hydrogen) atoms. The van der Waals surface area contributed by atoms with Crippen molar-refractivity contribution in [2.45, 2.75) is 0 Å². The van der Waals surface area contributed by atoms with E-state index in [2.05, 4.69) is 9.97 Å². The minimum Gasteiger partial charge on any atom is -0.494 e. The largest absolute Gasteiger partial charge is 0.494 e. The topological polar surface area (TPSA) is 90.3 Å². The molecule has 1 aromatic carbocycles. The lowest BCUT2D eigenvalue weighted by atomic mass is 10.1. The second-order valence-electron chi connectivity index (χ2n) is 4.93. The van der Waals surface area contributed by atoms with Crippen molar-refractivity contribution in [3.05, 3.63) is 66.8 Å². The van der Waals surface area contributed by atoms with Crippen LogP contribution in [0.4, 0.5) is 5.82 Å². The van der Waals surface area contributed by atoms with Crippen LogP contribution in [-0.4, -0.2) is 17.1 Å². The summed E-state index contributed by atoms with van der Waals surface area (Å²) < 4.78 is 5.34. The fourth-order valence-electron chi connectivity index (χ4n) is 2.34. The van der Waals surface area contributed by atoms with Gasteiger partial charge in [0.2, 0.25) is 0 Å². The highest BCUT2D eigenvalue weighted by Gasteiger charge is 2.11. The van der Waals surface area contributed by atoms with Crippen LogP contribution in [0.3, 0.4) is 0 Å². The molecule has 0 radical (unpaired) electrons. The lowest BCUT2D eigenvalue weighted by Gasteiger charge is -2.17. The highest BCUT2D eigenvalue weighted by atomic mass is 16.5. The summed E-state index contributed by atoms with van der Waals surface area (Å²) >= 11 is 0. The molecule has 3 rings (SSSR count). The van der Waals surface area contributed by atoms with Gasteiger partial charge in [0, 0.05) is 34.9 Å². The van der Waals surface area contributed by atoms with E-state index in [0.717, 1.165) is 16.3 Å². The van der Waals surface area contributed by atoms with E-state index in [-0.39, 0.29) is 0 Å². The van der Waals surface area contributed by atoms with Crippen LogP contribution in [0, 0.1) is 0 Å². The molecule has 0 aliphatic heterocycles. The Morgan fingerprint density at radius 2 is 1.91 bits per heavy atom. The summed E-state index contributed by atoms with van der Waals surface area (Å²) in [6.07, 6.45) is 6.64. The standard InChI is InChI=1S/C17H17N5O/c1-23-16-10-21-17(14-7-3-2-6-13(14)16)22(19)11-15(18)12-5-4-8-20-9-12/h2-11H,18-19H2,1H3/b15-11-. The van der Waals surface area contributed by atoms with Crippen LogP contribution >= 0.6 is 0 Å². The van der Waals surface area contributed by atoms with Gasteiger partial charge >= 0.3 is 0 Å². The van der Waals surface area contributed by atoms with Crippen LogP contribution in [0.15, 0.2) is 61.2 Å². The molecule has 0 unspecified atom stereocenters. The van der Waals surface area contributed by atoms with Crippen molar-refractivity contribution in [3.63, 3.8) is 0 Å². The molecule has 0 bridgehead atoms. The SMILES string of the molecule is COc1cnc(N(N)/C=C(\N)c2cccnc2)c2ccccc12. The van der Waals surface area contributed by atoms with Crippen LogP contribution < -0.4 is 21.3 Å². The van der Waals surface area contributed by atoms with E-state index in [1.165, 1.54) is 5.01 Å². The number of hydrogen-bond acceptors (Lipinski definition) is 6. The molecular weight excluding hydrogens is 290 g/mol. The number of anilines is 1. The highest BCUT2D eigenvalue weighted by molar-refractivity contribution is 5.96. The number of pyridine rings is 2. The van der Waals surface area contributed by atoms with Gasteiger partial charge in [-0.05, 0) is 12.1 Å². The van der Waals surface area contributed by atoms with Gasteiger partial charge in [-0.2, -0.15) is 0 Å². The number of rotatable bonds is 4. The van der Waals surface area contributed by atoms with E-state index >= 15 is 0 Å². The zero-order chi connectivity index (χ0) is 16.2. The van der Waals surface area contributed by atoms with Gasteiger partial charge in [0.1, 0.15) is 5.75 Å². The maximum absolute atomic E-state index is 6.14. The first-order valence-electron chi connectivity index (χ1n) is 7.04. The molecule has 6 heteroatoms. The van der Waals surface area contributed by atoms with Crippen molar-refractivity contribution >= 4 is 22.3 Å². The molecule has 0 aliphatic carbocycles. The molecule has 0 aliphatic rings. The zero-order valence-electron chi connectivity index (χ0n) is 12.7. The van der Waals surface area contributed by atoms with E-state index in [4.69, 9.17) is 16.3 Å². The van der Waals surface area contributed by atoms with Crippen molar-refractivity contribution < 1.29 is 4.74 Å². The summed E-state index contributed by atoms with van der Waals surface area (Å²) in [5, 5.41) is 3.22. The van der Waals surface area contributed by atoms with Crippen LogP contribution in [0.25, 0.3) is 16.5 Å². The molecule has 0 saturated carbocycles. The average Bonchev–Trinajstić information content (AvgIpc) is 2.61. The number of nitrogens with zero attached hydrogens (tertiary/aromatic N) is 3. The lowest BCUT2D eigenvalue weighted by molar-refractivity contribution is 0.418. The average molecular weight is 307 g/mol. The predicted octanol–water partition coefficient (Wildman–Crippen LogP) is 2.28. The number of methoxy groups -OCH3 is 1. The van der Waals surface area contributed by atoms with Crippen molar-refractivity contribution in [3.8, 4) is 5.75 Å². The molecular formula is C17H17N5O. The summed E-state index contributed by atoms with van der Waals surface area (Å²) in [5.74, 6) is 7.43. The Bertz CT molecular complexity index is 848. The Morgan fingerprint density at radius 1 is 1.13 bits per heavy atom. The van der Waals surface area contributed by atoms with E-state index in [1.807, 2.05) is 36.4 Å². The quantitative estimate of drug-likeness (QED) is 0.567. The third-order valence-electron chi connectivity index (χ3n) is 3.48. The van der Waals surface area contributed by atoms with Crippen LogP contribution in [0.2, 0.25) is 0 Å². The molecule has 0 fully saturated rings. The maximum Gasteiger partial charge on any atom is 0.154 e. The molecule has 4 N–H and O–H groups in total. The normalized spacial score (nSPS) is 11.5. The summed E-state index contributed by atoms with van der Waals surface area (Å²) in [7, 11) is 1.61. The minimum atomic E-state index is 0.502. The first kappa shape index (κ1) is 14.8. The second-order valence-corrected chi connectivity index (χ2v) is 4.93. The Hall–Kier alpha value is -3.12. The first-order valence-corrected chi connectivity index (χ1v) is 7.04. The Kier molecular flexibility index (Phi) is 4.07. The molecule has 2 aromatic heterocycles. The molecule has 6 nitrogen and oxygen atoms in total. The van der Waals surface area contributed by atoms with Crippen molar-refractivity contribution in [1.82, 2.24) is 9.97 Å². The fourth-order valence-corrected chi connectivity index (χ4v) is 2.34. The van der Waals surface area contributed by atoms with Crippen LogP contribution in [-0.2, 0) is 0 Å². The minimum absolute atomic E-state index is 0.502. The first-order chi connectivity index (χ1) is 11.2. The van der Waals surface area contributed by atoms with E-state index in [1.54, 1.807) is 31.9 Å². The molecule has 0 amide bonds. The lowest BCUT2D eigenvalue weighted by Crippen LogP contribution is -2.27. The van der Waals surface area contributed by atoms with E-state index in [0.29, 0.717) is 17.3 Å². The number of benzene rings is 1. The van der Waals surface area contributed by atoms with Crippen LogP contribution in [0.1, 0.15) is 5.56 Å². The van der Waals surface area contributed by atoms with Gasteiger partial charge in [-0.25, -0.2) is 10.8 Å². The van der Waals surface area contributed by atoms with Gasteiger partial charge < -0.3 is 10.5 Å². The Balaban J connectivity index is 2.03. The summed E-state index contributed by atoms with van der Waals surface area (Å²) in [6.45, 7) is 0. The molecule has 116 valence electrons. The third kappa shape index (κ3) is 2.93. The van der Waals surface area contributed by atoms with Crippen molar-refractivity contribution in [2.24, 2.45) is 11.6 Å². The summed E-state index contributed by atoms with van der Waals surface area (Å²) in [6, 6.07) is 11.4. The van der Waals surface area contributed by atoms with E-state index in [9.17, 15) is 0 Å². The zero-order valence-corrected chi connectivity index (χ0v) is 12.7. The maximum atomic E-state index is 6.14. The second kappa shape index (κ2) is 6.33. The predicted molar refractivity (Wildman–Crippen MR) is 91.4 cm³/mol. The summed E-state index contributed by atoms with van der Waals surface area (Å²) in [4.78, 5) is 8.43. The van der Waals surface area contributed by atoms with E-state index < -0.39 is 0 Å². The highest BCUT2D eigenvalue weighted by Crippen LogP contribution is 2.30. The molecule has 0 atom stereocenters. The molecule has 0 saturated heterocycles. The van der Waals surface area contributed by atoms with Gasteiger partial charge in [-0.1, -0.05) is 24.3 Å². The molecule has 0 spiro atoms. The number of aromatic nitrogens is 2. The van der Waals surface area contributed by atoms with Crippen molar-refractivity contribution in [1.29, 1.82) is 0 Å². The molecule has 2 heterocycles. The summed E-state index contributed by atoms with van der Waals surface area (Å²) in [5.41, 5.74) is 7.37. The number of fused-ring (bicyclic) bond motifs is 1. The number of ether oxygens (including phenoxy) is 1. The Morgan fingerprint density at radius 3 is 2.61 bits per heavy atom. The number of hydrazine groups is 1. The molecule has 3 aromatic rings. The van der Waals surface area contributed by atoms with Gasteiger partial charge in [0.25, 0.3) is 0 Å². The van der Waals surface area contributed by atoms with Gasteiger partial charge in [-0.3, -0.25) is 9.99 Å². The fraction of sp³-hybridized carbons (Fsp3) is 0.0588. The van der Waals surface area contributed by atoms with Gasteiger partial charge in [0.15, 0.2) is 5.82 Å². The Labute approximate surface area is 134 Å². The van der Waals surface area contributed by atoms with Crippen molar-refractivity contribution in [2.75, 3.05) is 12.1 Å². The number of hydrogen-bond donors (Lipinski definition) is 2. The van der Waals surface area contributed by atoms with Gasteiger partial charge in [0.05, 0.1) is 19.0 Å². The smallest absolute Gasteiger partial charge is 0.154 e. The van der Waals surface area contributed by atoms with Crippen LogP contribution in [0.5, 0.6) is 5.75 Å². The van der Waals surface area contributed by atoms with Gasteiger partial charge in [-0.15, -0.1) is 0 Å².